The monoisotopic (exact) mass is 289 g/mol. The molecule has 1 N–H and O–H groups in total. The van der Waals surface area contributed by atoms with Gasteiger partial charge in [0.05, 0.1) is 16.6 Å². The fourth-order valence-corrected chi connectivity index (χ4v) is 2.49. The van der Waals surface area contributed by atoms with E-state index in [1.54, 1.807) is 12.1 Å². The zero-order valence-electron chi connectivity index (χ0n) is 13.0. The highest BCUT2D eigenvalue weighted by Crippen LogP contribution is 2.22. The second-order valence-corrected chi connectivity index (χ2v) is 5.30. The van der Waals surface area contributed by atoms with Crippen molar-refractivity contribution in [2.45, 2.75) is 33.2 Å². The largest absolute Gasteiger partial charge is 0.478 e. The van der Waals surface area contributed by atoms with Crippen molar-refractivity contribution in [2.24, 2.45) is 0 Å². The van der Waals surface area contributed by atoms with Crippen LogP contribution in [-0.2, 0) is 13.0 Å². The van der Waals surface area contributed by atoms with Gasteiger partial charge in [-0.3, -0.25) is 0 Å². The summed E-state index contributed by atoms with van der Waals surface area (Å²) in [7, 11) is 2.07. The van der Waals surface area contributed by atoms with Crippen molar-refractivity contribution in [3.63, 3.8) is 0 Å². The Morgan fingerprint density at radius 2 is 2.14 bits per heavy atom. The summed E-state index contributed by atoms with van der Waals surface area (Å²) in [6, 6.07) is 5.31. The maximum Gasteiger partial charge on any atom is 0.337 e. The van der Waals surface area contributed by atoms with Crippen molar-refractivity contribution >= 4 is 17.0 Å². The lowest BCUT2D eigenvalue weighted by Gasteiger charge is -2.16. The Balaban J connectivity index is 2.51. The number of para-hydroxylation sites is 1. The van der Waals surface area contributed by atoms with Crippen molar-refractivity contribution in [1.29, 1.82) is 0 Å². The van der Waals surface area contributed by atoms with Gasteiger partial charge in [0.2, 0.25) is 0 Å². The van der Waals surface area contributed by atoms with Gasteiger partial charge in [0.1, 0.15) is 5.82 Å². The van der Waals surface area contributed by atoms with Gasteiger partial charge in [-0.1, -0.05) is 19.9 Å². The van der Waals surface area contributed by atoms with Crippen LogP contribution >= 0.6 is 0 Å². The van der Waals surface area contributed by atoms with Crippen molar-refractivity contribution in [2.75, 3.05) is 20.1 Å². The van der Waals surface area contributed by atoms with Crippen molar-refractivity contribution < 1.29 is 9.90 Å². The summed E-state index contributed by atoms with van der Waals surface area (Å²) >= 11 is 0. The minimum atomic E-state index is -0.895. The SMILES string of the molecule is CCCc1nc2cccc(C(=O)O)c2n1CCN(C)CC. The number of rotatable bonds is 7. The van der Waals surface area contributed by atoms with Crippen LogP contribution < -0.4 is 0 Å². The molecular weight excluding hydrogens is 266 g/mol. The predicted octanol–water partition coefficient (Wildman–Crippen LogP) is 2.64. The summed E-state index contributed by atoms with van der Waals surface area (Å²) < 4.78 is 2.08. The number of likely N-dealkylation sites (N-methyl/N-ethyl adjacent to an activating group) is 1. The van der Waals surface area contributed by atoms with E-state index >= 15 is 0 Å². The molecule has 0 unspecified atom stereocenters. The fourth-order valence-electron chi connectivity index (χ4n) is 2.49. The van der Waals surface area contributed by atoms with Gasteiger partial charge in [0.15, 0.2) is 0 Å². The molecule has 2 rings (SSSR count). The van der Waals surface area contributed by atoms with Crippen LogP contribution in [0.15, 0.2) is 18.2 Å². The molecule has 0 bridgehead atoms. The van der Waals surface area contributed by atoms with Gasteiger partial charge in [0, 0.05) is 19.5 Å². The summed E-state index contributed by atoms with van der Waals surface area (Å²) in [6.45, 7) is 6.84. The van der Waals surface area contributed by atoms with Gasteiger partial charge < -0.3 is 14.6 Å². The van der Waals surface area contributed by atoms with Crippen LogP contribution in [0.3, 0.4) is 0 Å². The van der Waals surface area contributed by atoms with Gasteiger partial charge in [-0.05, 0) is 32.1 Å². The van der Waals surface area contributed by atoms with E-state index in [0.717, 1.165) is 49.3 Å². The molecule has 5 nitrogen and oxygen atoms in total. The highest BCUT2D eigenvalue weighted by molar-refractivity contribution is 6.01. The third-order valence-corrected chi connectivity index (χ3v) is 3.79. The molecule has 2 aromatic rings. The standard InChI is InChI=1S/C16H23N3O2/c1-4-7-14-17-13-9-6-8-12(16(20)21)15(13)19(14)11-10-18(3)5-2/h6,8-9H,4-5,7,10-11H2,1-3H3,(H,20,21). The molecule has 1 aromatic carbocycles. The third-order valence-electron chi connectivity index (χ3n) is 3.79. The molecule has 0 atom stereocenters. The topological polar surface area (TPSA) is 58.4 Å². The van der Waals surface area contributed by atoms with Crippen molar-refractivity contribution in [3.8, 4) is 0 Å². The highest BCUT2D eigenvalue weighted by atomic mass is 16.4. The number of hydrogen-bond donors (Lipinski definition) is 1. The van der Waals surface area contributed by atoms with Gasteiger partial charge in [-0.15, -0.1) is 0 Å². The van der Waals surface area contributed by atoms with Crippen molar-refractivity contribution in [3.05, 3.63) is 29.6 Å². The second kappa shape index (κ2) is 6.72. The lowest BCUT2D eigenvalue weighted by molar-refractivity contribution is 0.0698. The number of carbonyl (C=O) groups is 1. The first-order valence-corrected chi connectivity index (χ1v) is 7.48. The molecular formula is C16H23N3O2. The Morgan fingerprint density at radius 3 is 2.76 bits per heavy atom. The normalized spacial score (nSPS) is 11.4. The number of aromatic nitrogens is 2. The van der Waals surface area contributed by atoms with Crippen LogP contribution in [0.1, 0.15) is 36.5 Å². The summed E-state index contributed by atoms with van der Waals surface area (Å²) in [5, 5.41) is 9.42. The van der Waals surface area contributed by atoms with E-state index in [-0.39, 0.29) is 0 Å². The van der Waals surface area contributed by atoms with Crippen LogP contribution in [0, 0.1) is 0 Å². The van der Waals surface area contributed by atoms with E-state index in [1.165, 1.54) is 0 Å². The quantitative estimate of drug-likeness (QED) is 0.851. The molecule has 0 aliphatic heterocycles. The first-order chi connectivity index (χ1) is 10.1. The maximum absolute atomic E-state index is 11.5. The molecule has 0 aliphatic rings. The summed E-state index contributed by atoms with van der Waals surface area (Å²) in [5.74, 6) is 0.0827. The third kappa shape index (κ3) is 3.24. The number of carboxylic acid groups (broad SMARTS) is 1. The summed E-state index contributed by atoms with van der Waals surface area (Å²) in [6.07, 6.45) is 1.86. The molecule has 0 spiro atoms. The summed E-state index contributed by atoms with van der Waals surface area (Å²) in [4.78, 5) is 18.3. The number of nitrogens with zero attached hydrogens (tertiary/aromatic N) is 3. The first kappa shape index (κ1) is 15.5. The molecule has 1 aromatic heterocycles. The molecule has 1 heterocycles. The molecule has 114 valence electrons. The number of aryl methyl sites for hydroxylation is 1. The first-order valence-electron chi connectivity index (χ1n) is 7.48. The van der Waals surface area contributed by atoms with E-state index in [1.807, 2.05) is 6.07 Å². The number of hydrogen-bond acceptors (Lipinski definition) is 3. The number of carboxylic acids is 1. The molecule has 5 heteroatoms. The molecule has 21 heavy (non-hydrogen) atoms. The van der Waals surface area contributed by atoms with Gasteiger partial charge in [-0.25, -0.2) is 9.78 Å². The maximum atomic E-state index is 11.5. The van der Waals surface area contributed by atoms with Gasteiger partial charge in [-0.2, -0.15) is 0 Å². The Kier molecular flexibility index (Phi) is 4.96. The van der Waals surface area contributed by atoms with Crippen LogP contribution in [-0.4, -0.2) is 45.7 Å². The molecule has 0 amide bonds. The van der Waals surface area contributed by atoms with E-state index in [0.29, 0.717) is 5.56 Å². The van der Waals surface area contributed by atoms with Crippen molar-refractivity contribution in [1.82, 2.24) is 14.5 Å². The summed E-state index contributed by atoms with van der Waals surface area (Å²) in [5.41, 5.74) is 1.86. The van der Waals surface area contributed by atoms with E-state index in [4.69, 9.17) is 0 Å². The Morgan fingerprint density at radius 1 is 1.38 bits per heavy atom. The average Bonchev–Trinajstić information content (AvgIpc) is 2.82. The smallest absolute Gasteiger partial charge is 0.337 e. The van der Waals surface area contributed by atoms with Crippen LogP contribution in [0.5, 0.6) is 0 Å². The van der Waals surface area contributed by atoms with Gasteiger partial charge in [0.25, 0.3) is 0 Å². The lowest BCUT2D eigenvalue weighted by Crippen LogP contribution is -2.23. The fraction of sp³-hybridized carbons (Fsp3) is 0.500. The molecule has 0 fully saturated rings. The molecule has 0 saturated carbocycles. The van der Waals surface area contributed by atoms with E-state index in [9.17, 15) is 9.90 Å². The minimum absolute atomic E-state index is 0.335. The van der Waals surface area contributed by atoms with Crippen LogP contribution in [0.25, 0.3) is 11.0 Å². The minimum Gasteiger partial charge on any atom is -0.478 e. The molecule has 0 saturated heterocycles. The van der Waals surface area contributed by atoms with Gasteiger partial charge >= 0.3 is 5.97 Å². The van der Waals surface area contributed by atoms with Crippen LogP contribution in [0.2, 0.25) is 0 Å². The number of imidazole rings is 1. The zero-order valence-corrected chi connectivity index (χ0v) is 13.0. The lowest BCUT2D eigenvalue weighted by atomic mass is 10.2. The van der Waals surface area contributed by atoms with E-state index < -0.39 is 5.97 Å². The Bertz CT molecular complexity index is 634. The Labute approximate surface area is 125 Å². The Hall–Kier alpha value is -1.88. The number of benzene rings is 1. The molecule has 0 aliphatic carbocycles. The predicted molar refractivity (Wildman–Crippen MR) is 83.9 cm³/mol. The zero-order chi connectivity index (χ0) is 15.4. The highest BCUT2D eigenvalue weighted by Gasteiger charge is 2.17. The van der Waals surface area contributed by atoms with E-state index in [2.05, 4.69) is 35.3 Å². The van der Waals surface area contributed by atoms with Crippen LogP contribution in [0.4, 0.5) is 0 Å². The number of aromatic carboxylic acids is 1. The molecule has 0 radical (unpaired) electrons. The average molecular weight is 289 g/mol. The number of fused-ring (bicyclic) bond motifs is 1. The second-order valence-electron chi connectivity index (χ2n) is 5.30.